The molecule has 1 N–H and O–H groups in total. The third-order valence-corrected chi connectivity index (χ3v) is 3.65. The van der Waals surface area contributed by atoms with E-state index < -0.39 is 0 Å². The second-order valence-electron chi connectivity index (χ2n) is 4.78. The molecule has 1 saturated heterocycles. The molecule has 0 unspecified atom stereocenters. The highest BCUT2D eigenvalue weighted by Crippen LogP contribution is 2.14. The summed E-state index contributed by atoms with van der Waals surface area (Å²) in [6, 6.07) is 7.20. The molecule has 1 heterocycles. The summed E-state index contributed by atoms with van der Waals surface area (Å²) in [6.07, 6.45) is 3.68. The Kier molecular flexibility index (Phi) is 5.35. The Labute approximate surface area is 125 Å². The molecule has 0 aromatic heterocycles. The summed E-state index contributed by atoms with van der Waals surface area (Å²) in [6.45, 7) is 4.22. The number of esters is 1. The number of piperidine rings is 1. The van der Waals surface area contributed by atoms with Crippen molar-refractivity contribution in [3.8, 4) is 0 Å². The van der Waals surface area contributed by atoms with E-state index in [1.807, 2.05) is 12.1 Å². The fraction of sp³-hybridized carbons (Fsp3) is 0.467. The first kappa shape index (κ1) is 14.8. The number of carbonyl (C=O) groups is 1. The van der Waals surface area contributed by atoms with Crippen LogP contribution in [0.1, 0.15) is 36.5 Å². The average molecular weight is 292 g/mol. The van der Waals surface area contributed by atoms with E-state index >= 15 is 0 Å². The minimum absolute atomic E-state index is 0.294. The normalized spacial score (nSPS) is 14.8. The molecule has 0 atom stereocenters. The maximum atomic E-state index is 11.5. The van der Waals surface area contributed by atoms with Gasteiger partial charge >= 0.3 is 5.97 Å². The SMILES string of the molecule is CCOC(=O)c1ccc(NC(=S)N2CCCCC2)cc1. The number of hydrogen-bond donors (Lipinski definition) is 1. The van der Waals surface area contributed by atoms with Crippen molar-refractivity contribution in [1.82, 2.24) is 4.90 Å². The van der Waals surface area contributed by atoms with E-state index in [2.05, 4.69) is 10.2 Å². The van der Waals surface area contributed by atoms with Crippen LogP contribution in [0.3, 0.4) is 0 Å². The molecule has 108 valence electrons. The fourth-order valence-electron chi connectivity index (χ4n) is 2.20. The molecule has 0 spiro atoms. The van der Waals surface area contributed by atoms with Crippen LogP contribution < -0.4 is 5.32 Å². The molecule has 0 aliphatic carbocycles. The standard InChI is InChI=1S/C15H20N2O2S/c1-2-19-14(18)12-6-8-13(9-7-12)16-15(20)17-10-4-3-5-11-17/h6-9H,2-5,10-11H2,1H3,(H,16,20). The van der Waals surface area contributed by atoms with Crippen LogP contribution in [0, 0.1) is 0 Å². The number of anilines is 1. The third kappa shape index (κ3) is 3.93. The lowest BCUT2D eigenvalue weighted by Crippen LogP contribution is -2.38. The summed E-state index contributed by atoms with van der Waals surface area (Å²) in [5, 5.41) is 3.97. The summed E-state index contributed by atoms with van der Waals surface area (Å²) in [5.41, 5.74) is 1.45. The molecular weight excluding hydrogens is 272 g/mol. The number of ether oxygens (including phenoxy) is 1. The van der Waals surface area contributed by atoms with Crippen molar-refractivity contribution in [3.63, 3.8) is 0 Å². The van der Waals surface area contributed by atoms with Gasteiger partial charge in [-0.25, -0.2) is 4.79 Å². The molecule has 2 rings (SSSR count). The van der Waals surface area contributed by atoms with Crippen LogP contribution in [0.4, 0.5) is 5.69 Å². The molecule has 0 bridgehead atoms. The van der Waals surface area contributed by atoms with Crippen molar-refractivity contribution in [1.29, 1.82) is 0 Å². The van der Waals surface area contributed by atoms with Crippen LogP contribution in [-0.2, 0) is 4.74 Å². The topological polar surface area (TPSA) is 41.6 Å². The highest BCUT2D eigenvalue weighted by Gasteiger charge is 2.13. The molecule has 0 saturated carbocycles. The van der Waals surface area contributed by atoms with Crippen LogP contribution in [-0.4, -0.2) is 35.7 Å². The van der Waals surface area contributed by atoms with Gasteiger partial charge in [-0.15, -0.1) is 0 Å². The molecule has 1 fully saturated rings. The summed E-state index contributed by atoms with van der Waals surface area (Å²) in [7, 11) is 0. The zero-order valence-electron chi connectivity index (χ0n) is 11.7. The van der Waals surface area contributed by atoms with Crippen LogP contribution in [0.15, 0.2) is 24.3 Å². The van der Waals surface area contributed by atoms with Gasteiger partial charge in [0.25, 0.3) is 0 Å². The summed E-state index contributed by atoms with van der Waals surface area (Å²) < 4.78 is 4.95. The van der Waals surface area contributed by atoms with Gasteiger partial charge in [0.15, 0.2) is 5.11 Å². The first-order valence-electron chi connectivity index (χ1n) is 7.04. The molecule has 20 heavy (non-hydrogen) atoms. The lowest BCUT2D eigenvalue weighted by Gasteiger charge is -2.29. The zero-order valence-corrected chi connectivity index (χ0v) is 12.5. The molecule has 1 aromatic rings. The Hall–Kier alpha value is -1.62. The maximum Gasteiger partial charge on any atom is 0.338 e. The first-order valence-corrected chi connectivity index (χ1v) is 7.44. The Morgan fingerprint density at radius 3 is 2.50 bits per heavy atom. The van der Waals surface area contributed by atoms with E-state index in [9.17, 15) is 4.79 Å². The number of benzene rings is 1. The van der Waals surface area contributed by atoms with Crippen molar-refractivity contribution in [2.24, 2.45) is 0 Å². The Bertz CT molecular complexity index is 467. The van der Waals surface area contributed by atoms with E-state index in [1.54, 1.807) is 19.1 Å². The van der Waals surface area contributed by atoms with E-state index in [0.29, 0.717) is 12.2 Å². The van der Waals surface area contributed by atoms with Crippen LogP contribution in [0.25, 0.3) is 0 Å². The summed E-state index contributed by atoms with van der Waals surface area (Å²) in [5.74, 6) is -0.294. The molecule has 1 aliphatic heterocycles. The molecular formula is C15H20N2O2S. The number of hydrogen-bond acceptors (Lipinski definition) is 3. The van der Waals surface area contributed by atoms with Gasteiger partial charge in [0.1, 0.15) is 0 Å². The Morgan fingerprint density at radius 2 is 1.90 bits per heavy atom. The fourth-order valence-corrected chi connectivity index (χ4v) is 2.50. The quantitative estimate of drug-likeness (QED) is 0.685. The zero-order chi connectivity index (χ0) is 14.4. The molecule has 5 heteroatoms. The van der Waals surface area contributed by atoms with Gasteiger partial charge in [0.05, 0.1) is 12.2 Å². The van der Waals surface area contributed by atoms with Crippen LogP contribution in [0.2, 0.25) is 0 Å². The Morgan fingerprint density at radius 1 is 1.25 bits per heavy atom. The van der Waals surface area contributed by atoms with Gasteiger partial charge in [-0.05, 0) is 62.7 Å². The number of thiocarbonyl (C=S) groups is 1. The number of rotatable bonds is 3. The molecule has 0 radical (unpaired) electrons. The van der Waals surface area contributed by atoms with E-state index in [0.717, 1.165) is 23.9 Å². The minimum Gasteiger partial charge on any atom is -0.462 e. The highest BCUT2D eigenvalue weighted by atomic mass is 32.1. The molecule has 4 nitrogen and oxygen atoms in total. The van der Waals surface area contributed by atoms with E-state index in [-0.39, 0.29) is 5.97 Å². The number of nitrogens with one attached hydrogen (secondary N) is 1. The van der Waals surface area contributed by atoms with E-state index in [1.165, 1.54) is 19.3 Å². The van der Waals surface area contributed by atoms with Crippen molar-refractivity contribution >= 4 is 29.0 Å². The van der Waals surface area contributed by atoms with E-state index in [4.69, 9.17) is 17.0 Å². The van der Waals surface area contributed by atoms with Crippen LogP contribution in [0.5, 0.6) is 0 Å². The predicted molar refractivity (Wildman–Crippen MR) is 84.0 cm³/mol. The number of likely N-dealkylation sites (tertiary alicyclic amines) is 1. The van der Waals surface area contributed by atoms with Crippen molar-refractivity contribution in [2.75, 3.05) is 25.0 Å². The Balaban J connectivity index is 1.92. The lowest BCUT2D eigenvalue weighted by molar-refractivity contribution is 0.0526. The van der Waals surface area contributed by atoms with Gasteiger partial charge in [0.2, 0.25) is 0 Å². The van der Waals surface area contributed by atoms with Gasteiger partial charge in [-0.2, -0.15) is 0 Å². The second kappa shape index (κ2) is 7.24. The minimum atomic E-state index is -0.294. The maximum absolute atomic E-state index is 11.5. The first-order chi connectivity index (χ1) is 9.70. The largest absolute Gasteiger partial charge is 0.462 e. The lowest BCUT2D eigenvalue weighted by atomic mass is 10.1. The second-order valence-corrected chi connectivity index (χ2v) is 5.16. The number of nitrogens with zero attached hydrogens (tertiary/aromatic N) is 1. The predicted octanol–water partition coefficient (Wildman–Crippen LogP) is 3.05. The van der Waals surface area contributed by atoms with Gasteiger partial charge in [0, 0.05) is 18.8 Å². The smallest absolute Gasteiger partial charge is 0.338 e. The third-order valence-electron chi connectivity index (χ3n) is 3.29. The van der Waals surface area contributed by atoms with Crippen LogP contribution >= 0.6 is 12.2 Å². The van der Waals surface area contributed by atoms with Crippen molar-refractivity contribution in [2.45, 2.75) is 26.2 Å². The van der Waals surface area contributed by atoms with Crippen molar-refractivity contribution in [3.05, 3.63) is 29.8 Å². The number of carbonyl (C=O) groups excluding carboxylic acids is 1. The average Bonchev–Trinajstić information content (AvgIpc) is 2.49. The van der Waals surface area contributed by atoms with Gasteiger partial charge < -0.3 is 15.0 Å². The molecule has 1 aromatic carbocycles. The van der Waals surface area contributed by atoms with Gasteiger partial charge in [-0.3, -0.25) is 0 Å². The summed E-state index contributed by atoms with van der Waals surface area (Å²) in [4.78, 5) is 13.7. The van der Waals surface area contributed by atoms with Crippen molar-refractivity contribution < 1.29 is 9.53 Å². The van der Waals surface area contributed by atoms with Gasteiger partial charge in [-0.1, -0.05) is 0 Å². The molecule has 1 aliphatic rings. The summed E-state index contributed by atoms with van der Waals surface area (Å²) >= 11 is 5.41. The molecule has 0 amide bonds. The monoisotopic (exact) mass is 292 g/mol. The highest BCUT2D eigenvalue weighted by molar-refractivity contribution is 7.80.